The van der Waals surface area contributed by atoms with Gasteiger partial charge in [0.2, 0.25) is 0 Å². The van der Waals surface area contributed by atoms with Gasteiger partial charge in [-0.15, -0.1) is 0 Å². The van der Waals surface area contributed by atoms with Crippen molar-refractivity contribution < 1.29 is 25.6 Å². The molecule has 1 amide bonds. The molecule has 0 spiro atoms. The van der Waals surface area contributed by atoms with Crippen LogP contribution in [0.3, 0.4) is 0 Å². The summed E-state index contributed by atoms with van der Waals surface area (Å²) < 4.78 is 0. The third-order valence-corrected chi connectivity index (χ3v) is 1.98. The van der Waals surface area contributed by atoms with Crippen LogP contribution in [0.4, 0.5) is 0 Å². The fourth-order valence-electron chi connectivity index (χ4n) is 1.36. The molecule has 0 aromatic carbocycles. The molecule has 0 saturated heterocycles. The van der Waals surface area contributed by atoms with Crippen molar-refractivity contribution in [2.24, 2.45) is 5.92 Å². The summed E-state index contributed by atoms with van der Waals surface area (Å²) in [6.45, 7) is 0. The molecule has 0 radical (unpaired) electrons. The van der Waals surface area contributed by atoms with Gasteiger partial charge in [-0.2, -0.15) is 0 Å². The number of hydrogen-bond acceptors (Lipinski definition) is 1. The molecule has 0 aliphatic heterocycles. The van der Waals surface area contributed by atoms with E-state index in [0.29, 0.717) is 0 Å². The molecule has 0 aromatic rings. The van der Waals surface area contributed by atoms with Crippen molar-refractivity contribution >= 4 is 22.9 Å². The van der Waals surface area contributed by atoms with E-state index in [1.54, 1.807) is 0 Å². The van der Waals surface area contributed by atoms with Crippen LogP contribution in [-0.2, 0) is 25.6 Å². The molecule has 1 N–H and O–H groups in total. The Morgan fingerprint density at radius 1 is 1.25 bits per heavy atom. The van der Waals surface area contributed by atoms with Crippen molar-refractivity contribution in [1.29, 1.82) is 0 Å². The first-order chi connectivity index (χ1) is 5.72. The summed E-state index contributed by atoms with van der Waals surface area (Å²) in [6, 6.07) is 0. The Hall–Kier alpha value is 0.933. The number of halogens is 2. The van der Waals surface area contributed by atoms with Crippen LogP contribution in [0.2, 0.25) is 0 Å². The van der Waals surface area contributed by atoms with E-state index in [-0.39, 0.29) is 11.8 Å². The predicted molar refractivity (Wildman–Crippen MR) is 47.6 cm³/mol. The van der Waals surface area contributed by atoms with Crippen LogP contribution in [0.1, 0.15) is 32.1 Å². The van der Waals surface area contributed by atoms with E-state index in [0.717, 1.165) is 25.7 Å². The van der Waals surface area contributed by atoms with Crippen molar-refractivity contribution in [2.75, 3.05) is 0 Å². The maximum atomic E-state index is 10.5. The molecule has 2 nitrogen and oxygen atoms in total. The van der Waals surface area contributed by atoms with Crippen LogP contribution in [0.5, 0.6) is 0 Å². The maximum Gasteiger partial charge on any atom is 0.0519 e. The molecule has 12 heavy (non-hydrogen) atoms. The fraction of sp³-hybridized carbons (Fsp3) is 0.857. The number of carbonyl (C=O) groups is 1. The van der Waals surface area contributed by atoms with Crippen LogP contribution in [0.15, 0.2) is 0 Å². The van der Waals surface area contributed by atoms with Crippen LogP contribution in [0, 0.1) is 5.92 Å². The third kappa shape index (κ3) is 6.45. The van der Waals surface area contributed by atoms with Crippen LogP contribution in [0.25, 0.3) is 5.73 Å². The molecule has 1 saturated carbocycles. The van der Waals surface area contributed by atoms with Crippen LogP contribution >= 0.6 is 17.0 Å². The zero-order valence-electron chi connectivity index (χ0n) is 6.78. The summed E-state index contributed by atoms with van der Waals surface area (Å²) >= 11 is -0.826. The Morgan fingerprint density at radius 2 is 1.67 bits per heavy atom. The third-order valence-electron chi connectivity index (χ3n) is 1.98. The van der Waals surface area contributed by atoms with E-state index in [1.807, 2.05) is 0 Å². The maximum absolute atomic E-state index is 10.5. The summed E-state index contributed by atoms with van der Waals surface area (Å²) in [7, 11) is 9.87. The van der Waals surface area contributed by atoms with Gasteiger partial charge in [0.15, 0.2) is 0 Å². The van der Waals surface area contributed by atoms with Gasteiger partial charge in [-0.1, -0.05) is 19.3 Å². The summed E-state index contributed by atoms with van der Waals surface area (Å²) in [6.07, 6.45) is 5.47. The summed E-state index contributed by atoms with van der Waals surface area (Å²) in [5.41, 5.74) is 6.83. The molecule has 0 bridgehead atoms. The van der Waals surface area contributed by atoms with Gasteiger partial charge in [-0.3, -0.25) is 0 Å². The van der Waals surface area contributed by atoms with Gasteiger partial charge in [0.1, 0.15) is 0 Å². The minimum absolute atomic E-state index is 0.0822. The first-order valence-corrected chi connectivity index (χ1v) is 10.3. The first kappa shape index (κ1) is 12.9. The molecule has 5 heteroatoms. The topological polar surface area (TPSA) is 40.9 Å². The second kappa shape index (κ2) is 8.53. The Bertz CT molecular complexity index is 129. The van der Waals surface area contributed by atoms with Gasteiger partial charge in [0.25, 0.3) is 0 Å². The second-order valence-electron chi connectivity index (χ2n) is 2.77. The molecule has 0 heterocycles. The molecular formula is C7H12Cl2NOZr-. The number of carbonyl (C=O) groups excluding carboxylic acids is 1. The Morgan fingerprint density at radius 3 is 1.92 bits per heavy atom. The van der Waals surface area contributed by atoms with E-state index in [2.05, 4.69) is 0 Å². The smallest absolute Gasteiger partial charge is 0.0519 e. The van der Waals surface area contributed by atoms with Crippen molar-refractivity contribution in [3.05, 3.63) is 5.73 Å². The molecule has 70 valence electrons. The molecule has 1 fully saturated rings. The Kier molecular flexibility index (Phi) is 9.19. The summed E-state index contributed by atoms with van der Waals surface area (Å²) in [4.78, 5) is 10.5. The molecule has 1 aliphatic carbocycles. The average molecular weight is 288 g/mol. The summed E-state index contributed by atoms with van der Waals surface area (Å²) in [5, 5.41) is 0. The Labute approximate surface area is 91.8 Å². The van der Waals surface area contributed by atoms with E-state index in [4.69, 9.17) is 22.8 Å². The van der Waals surface area contributed by atoms with E-state index in [1.165, 1.54) is 6.42 Å². The first-order valence-electron chi connectivity index (χ1n) is 3.94. The monoisotopic (exact) mass is 286 g/mol. The zero-order chi connectivity index (χ0) is 9.40. The SMILES string of the molecule is [Cl][Zr][Cl].[NH-]C(=O)C1CCCCC1. The fourth-order valence-corrected chi connectivity index (χ4v) is 1.36. The van der Waals surface area contributed by atoms with Crippen molar-refractivity contribution in [3.8, 4) is 0 Å². The van der Waals surface area contributed by atoms with E-state index < -0.39 is 20.8 Å². The minimum atomic E-state index is -0.826. The van der Waals surface area contributed by atoms with E-state index >= 15 is 0 Å². The Balaban J connectivity index is 0.000000354. The number of nitrogens with one attached hydrogen (secondary N) is 1. The average Bonchev–Trinajstić information content (AvgIpc) is 2.07. The minimum Gasteiger partial charge on any atom is -0.668 e. The normalized spacial score (nSPS) is 17.5. The van der Waals surface area contributed by atoms with Crippen molar-refractivity contribution in [1.82, 2.24) is 0 Å². The molecule has 0 unspecified atom stereocenters. The molecule has 0 aromatic heterocycles. The number of rotatable bonds is 1. The van der Waals surface area contributed by atoms with Gasteiger partial charge < -0.3 is 10.5 Å². The zero-order valence-corrected chi connectivity index (χ0v) is 10.7. The summed E-state index contributed by atoms with van der Waals surface area (Å²) in [5.74, 6) is -0.270. The molecule has 0 atom stereocenters. The molecular weight excluding hydrogens is 276 g/mol. The van der Waals surface area contributed by atoms with Gasteiger partial charge in [0.05, 0.1) is 5.91 Å². The largest absolute Gasteiger partial charge is 0.668 e. The molecule has 1 aliphatic rings. The van der Waals surface area contributed by atoms with Gasteiger partial charge in [-0.05, 0) is 12.8 Å². The van der Waals surface area contributed by atoms with Gasteiger partial charge in [-0.25, -0.2) is 0 Å². The van der Waals surface area contributed by atoms with Gasteiger partial charge >= 0.3 is 37.9 Å². The van der Waals surface area contributed by atoms with Crippen LogP contribution in [-0.4, -0.2) is 5.91 Å². The number of amides is 1. The standard InChI is InChI=1S/C7H13NO.2ClH.Zr/c8-7(9)6-4-2-1-3-5-6;;;/h6H,1-5H2,(H2,8,9);2*1H;/q;;;+2/p-3. The predicted octanol–water partition coefficient (Wildman–Crippen LogP) is 3.52. The van der Waals surface area contributed by atoms with Crippen molar-refractivity contribution in [2.45, 2.75) is 32.1 Å². The van der Waals surface area contributed by atoms with Crippen molar-refractivity contribution in [3.63, 3.8) is 0 Å². The van der Waals surface area contributed by atoms with E-state index in [9.17, 15) is 4.79 Å². The number of hydrogen-bond donors (Lipinski definition) is 0. The molecule has 1 rings (SSSR count). The van der Waals surface area contributed by atoms with Crippen LogP contribution < -0.4 is 0 Å². The second-order valence-corrected chi connectivity index (χ2v) is 6.50. The quantitative estimate of drug-likeness (QED) is 0.727. The van der Waals surface area contributed by atoms with Gasteiger partial charge in [0, 0.05) is 5.92 Å².